The summed E-state index contributed by atoms with van der Waals surface area (Å²) >= 11 is 0. The molecule has 4 N–H and O–H groups in total. The summed E-state index contributed by atoms with van der Waals surface area (Å²) in [5.41, 5.74) is 11.1. The summed E-state index contributed by atoms with van der Waals surface area (Å²) in [5, 5.41) is 0. The van der Waals surface area contributed by atoms with E-state index in [-0.39, 0.29) is 27.2 Å². The first kappa shape index (κ1) is 13.2. The standard InChI is InChI=1S/C12H13N3O3S/c1-18-8-4-2-3-5-9(8)19(16,17)10-6-7-11(13)15-12(10)14/h2-7H,1H3,(H4,13,14,15). The Morgan fingerprint density at radius 1 is 1.05 bits per heavy atom. The second-order valence-electron chi connectivity index (χ2n) is 3.77. The summed E-state index contributed by atoms with van der Waals surface area (Å²) in [5.74, 6) is 0.279. The van der Waals surface area contributed by atoms with Gasteiger partial charge in [-0.15, -0.1) is 0 Å². The molecule has 0 aliphatic heterocycles. The number of methoxy groups -OCH3 is 1. The lowest BCUT2D eigenvalue weighted by molar-refractivity contribution is 0.402. The van der Waals surface area contributed by atoms with Crippen molar-refractivity contribution in [1.29, 1.82) is 0 Å². The number of hydrogen-bond donors (Lipinski definition) is 2. The molecule has 2 aromatic rings. The number of nitrogens with zero attached hydrogens (tertiary/aromatic N) is 1. The van der Waals surface area contributed by atoms with Crippen molar-refractivity contribution in [3.05, 3.63) is 36.4 Å². The van der Waals surface area contributed by atoms with Crippen LogP contribution >= 0.6 is 0 Å². The van der Waals surface area contributed by atoms with E-state index in [2.05, 4.69) is 4.98 Å². The highest BCUT2D eigenvalue weighted by atomic mass is 32.2. The molecule has 0 bridgehead atoms. The molecule has 0 unspecified atom stereocenters. The lowest BCUT2D eigenvalue weighted by Gasteiger charge is -2.10. The van der Waals surface area contributed by atoms with Crippen LogP contribution in [-0.2, 0) is 9.84 Å². The van der Waals surface area contributed by atoms with E-state index in [1.54, 1.807) is 18.2 Å². The van der Waals surface area contributed by atoms with Crippen molar-refractivity contribution in [2.75, 3.05) is 18.6 Å². The van der Waals surface area contributed by atoms with E-state index in [1.807, 2.05) is 0 Å². The molecule has 1 aromatic heterocycles. The molecule has 0 saturated heterocycles. The molecule has 0 atom stereocenters. The number of benzene rings is 1. The Morgan fingerprint density at radius 3 is 2.37 bits per heavy atom. The molecule has 0 spiro atoms. The summed E-state index contributed by atoms with van der Waals surface area (Å²) in [4.78, 5) is 3.70. The largest absolute Gasteiger partial charge is 0.495 e. The van der Waals surface area contributed by atoms with E-state index in [0.29, 0.717) is 0 Å². The predicted octanol–water partition coefficient (Wildman–Crippen LogP) is 1.09. The Bertz CT molecular complexity index is 714. The van der Waals surface area contributed by atoms with Gasteiger partial charge in [0.25, 0.3) is 0 Å². The van der Waals surface area contributed by atoms with Crippen LogP contribution in [0.3, 0.4) is 0 Å². The zero-order valence-electron chi connectivity index (χ0n) is 10.2. The van der Waals surface area contributed by atoms with Gasteiger partial charge in [-0.05, 0) is 24.3 Å². The van der Waals surface area contributed by atoms with Gasteiger partial charge in [0.15, 0.2) is 0 Å². The van der Waals surface area contributed by atoms with E-state index in [0.717, 1.165) is 0 Å². The van der Waals surface area contributed by atoms with Crippen LogP contribution in [0.25, 0.3) is 0 Å². The van der Waals surface area contributed by atoms with Crippen molar-refractivity contribution in [2.45, 2.75) is 9.79 Å². The highest BCUT2D eigenvalue weighted by Crippen LogP contribution is 2.31. The lowest BCUT2D eigenvalue weighted by atomic mass is 10.3. The fourth-order valence-electron chi connectivity index (χ4n) is 1.66. The number of anilines is 2. The fraction of sp³-hybridized carbons (Fsp3) is 0.0833. The monoisotopic (exact) mass is 279 g/mol. The highest BCUT2D eigenvalue weighted by Gasteiger charge is 2.24. The topological polar surface area (TPSA) is 108 Å². The SMILES string of the molecule is COc1ccccc1S(=O)(=O)c1ccc(N)nc1N. The van der Waals surface area contributed by atoms with E-state index in [9.17, 15) is 8.42 Å². The van der Waals surface area contributed by atoms with Crippen LogP contribution in [-0.4, -0.2) is 20.5 Å². The summed E-state index contributed by atoms with van der Waals surface area (Å²) in [6.07, 6.45) is 0. The number of rotatable bonds is 3. The van der Waals surface area contributed by atoms with Gasteiger partial charge in [-0.3, -0.25) is 0 Å². The molecule has 6 nitrogen and oxygen atoms in total. The van der Waals surface area contributed by atoms with E-state index in [4.69, 9.17) is 16.2 Å². The molecule has 1 aromatic carbocycles. The first-order valence-corrected chi connectivity index (χ1v) is 6.85. The average molecular weight is 279 g/mol. The van der Waals surface area contributed by atoms with Crippen molar-refractivity contribution in [3.8, 4) is 5.75 Å². The third-order valence-corrected chi connectivity index (χ3v) is 4.40. The maximum atomic E-state index is 12.5. The van der Waals surface area contributed by atoms with Crippen molar-refractivity contribution < 1.29 is 13.2 Å². The first-order chi connectivity index (χ1) is 8.96. The number of pyridine rings is 1. The van der Waals surface area contributed by atoms with Crippen LogP contribution in [0.15, 0.2) is 46.2 Å². The lowest BCUT2D eigenvalue weighted by Crippen LogP contribution is -2.09. The third-order valence-electron chi connectivity index (χ3n) is 2.56. The minimum atomic E-state index is -3.80. The van der Waals surface area contributed by atoms with Gasteiger partial charge in [-0.1, -0.05) is 12.1 Å². The Kier molecular flexibility index (Phi) is 3.30. The van der Waals surface area contributed by atoms with Crippen LogP contribution in [0.5, 0.6) is 5.75 Å². The first-order valence-electron chi connectivity index (χ1n) is 5.37. The molecule has 7 heteroatoms. The number of hydrogen-bond acceptors (Lipinski definition) is 6. The van der Waals surface area contributed by atoms with Crippen LogP contribution in [0.2, 0.25) is 0 Å². The third kappa shape index (κ3) is 2.32. The van der Waals surface area contributed by atoms with Gasteiger partial charge in [-0.2, -0.15) is 0 Å². The summed E-state index contributed by atoms with van der Waals surface area (Å²) < 4.78 is 30.1. The van der Waals surface area contributed by atoms with E-state index < -0.39 is 9.84 Å². The smallest absolute Gasteiger partial charge is 0.213 e. The van der Waals surface area contributed by atoms with Crippen LogP contribution in [0, 0.1) is 0 Å². The molecule has 0 aliphatic carbocycles. The quantitative estimate of drug-likeness (QED) is 0.870. The molecular formula is C12H13N3O3S. The molecule has 1 heterocycles. The van der Waals surface area contributed by atoms with Gasteiger partial charge in [0.1, 0.15) is 27.2 Å². The second-order valence-corrected chi connectivity index (χ2v) is 5.66. The molecule has 0 fully saturated rings. The predicted molar refractivity (Wildman–Crippen MR) is 71.5 cm³/mol. The number of para-hydroxylation sites is 1. The molecule has 100 valence electrons. The van der Waals surface area contributed by atoms with Gasteiger partial charge in [0, 0.05) is 0 Å². The van der Waals surface area contributed by atoms with Crippen molar-refractivity contribution in [2.24, 2.45) is 0 Å². The van der Waals surface area contributed by atoms with Gasteiger partial charge in [0.2, 0.25) is 9.84 Å². The molecule has 2 rings (SSSR count). The Morgan fingerprint density at radius 2 is 1.74 bits per heavy atom. The van der Waals surface area contributed by atoms with Crippen LogP contribution < -0.4 is 16.2 Å². The van der Waals surface area contributed by atoms with Gasteiger partial charge in [-0.25, -0.2) is 13.4 Å². The van der Waals surface area contributed by atoms with E-state index in [1.165, 1.54) is 25.3 Å². The van der Waals surface area contributed by atoms with Gasteiger partial charge < -0.3 is 16.2 Å². The summed E-state index contributed by atoms with van der Waals surface area (Å²) in [7, 11) is -2.40. The Labute approximate surface area is 110 Å². The minimum absolute atomic E-state index is 0.0378. The zero-order valence-corrected chi connectivity index (χ0v) is 11.0. The molecule has 0 aliphatic rings. The molecule has 0 amide bonds. The number of nitrogens with two attached hydrogens (primary N) is 2. The molecule has 0 saturated carbocycles. The number of ether oxygens (including phenoxy) is 1. The Hall–Kier alpha value is -2.28. The number of sulfone groups is 1. The van der Waals surface area contributed by atoms with Crippen molar-refractivity contribution in [1.82, 2.24) is 4.98 Å². The molecule has 19 heavy (non-hydrogen) atoms. The van der Waals surface area contributed by atoms with Gasteiger partial charge >= 0.3 is 0 Å². The summed E-state index contributed by atoms with van der Waals surface area (Å²) in [6, 6.07) is 9.02. The normalized spacial score (nSPS) is 11.2. The summed E-state index contributed by atoms with van der Waals surface area (Å²) in [6.45, 7) is 0. The average Bonchev–Trinajstić information content (AvgIpc) is 2.38. The molecule has 0 radical (unpaired) electrons. The van der Waals surface area contributed by atoms with Gasteiger partial charge in [0.05, 0.1) is 7.11 Å². The van der Waals surface area contributed by atoms with Crippen molar-refractivity contribution >= 4 is 21.5 Å². The van der Waals surface area contributed by atoms with Crippen LogP contribution in [0.4, 0.5) is 11.6 Å². The highest BCUT2D eigenvalue weighted by molar-refractivity contribution is 7.91. The number of aromatic nitrogens is 1. The number of nitrogen functional groups attached to an aromatic ring is 2. The zero-order chi connectivity index (χ0) is 14.0. The minimum Gasteiger partial charge on any atom is -0.495 e. The molecular weight excluding hydrogens is 266 g/mol. The maximum Gasteiger partial charge on any atom is 0.213 e. The fourth-order valence-corrected chi connectivity index (χ4v) is 3.14. The van der Waals surface area contributed by atoms with Crippen LogP contribution in [0.1, 0.15) is 0 Å². The maximum absolute atomic E-state index is 12.5. The van der Waals surface area contributed by atoms with E-state index >= 15 is 0 Å². The van der Waals surface area contributed by atoms with Crippen molar-refractivity contribution in [3.63, 3.8) is 0 Å². The Balaban J connectivity index is 2.66. The second kappa shape index (κ2) is 4.77.